The van der Waals surface area contributed by atoms with E-state index in [0.29, 0.717) is 70.3 Å². The summed E-state index contributed by atoms with van der Waals surface area (Å²) in [5.74, 6) is -20.0. The van der Waals surface area contributed by atoms with Gasteiger partial charge >= 0.3 is 72.5 Å². The molecule has 8 aromatic rings. The Morgan fingerprint density at radius 1 is 0.296 bits per heavy atom. The van der Waals surface area contributed by atoms with E-state index in [2.05, 4.69) is 66.7 Å². The van der Waals surface area contributed by atoms with Crippen molar-refractivity contribution in [1.82, 2.24) is 0 Å². The van der Waals surface area contributed by atoms with Crippen LogP contribution in [0, 0.1) is 3.57 Å². The normalized spacial score (nSPS) is 12.7. The molecule has 732 valence electrons. The summed E-state index contributed by atoms with van der Waals surface area (Å²) in [6.45, 7) is 0. The van der Waals surface area contributed by atoms with Crippen molar-refractivity contribution >= 4 is 276 Å². The van der Waals surface area contributed by atoms with Crippen LogP contribution in [0.3, 0.4) is 0 Å². The summed E-state index contributed by atoms with van der Waals surface area (Å²) in [4.78, 5) is 102. The number of benzene rings is 8. The van der Waals surface area contributed by atoms with Crippen LogP contribution in [-0.4, -0.2) is 266 Å². The standard InChI is InChI=1S/C20H14B3Br2F3O7S.C20H15B3BrF3O7S.C20H14B3Cl2F3O7S.C20H15B3F3IO7S/c21-5-9-3-10(6-22)17(11(4-9)7-23)35-19(30)16-13(25)2-1-12(24)15(16)18(29)34-14(20(26,27)28)8-36(31,32)33;21-6-10-3-11(7-22)17(12(4-10)8-23)34-18(28)14-2-1-13(24)5-15(14)19(29)33-16(20(25,26)27)9-35(30,31)32;21-5-9-1-10(6-22)17(11(2-9)7-23)35-19(30)13-4-15(25)14(24)3-12(13)18(29)34-16(20(26,27)28)8-36(31,32)33;21-6-10-3-11(7-22)17(12(4-10)8-23)34-18(28)14-2-1-13(27)5-15(14)19(29)33-16(20(24,25)26)9-35(30,31)32/h1-4,14H,5-8H2,(H,31,32,33);1-5,16H,6-9H2,(H,30,31,32);1-4,16H,5-8H2,(H,31,32,33);1-5,16H,6-9H2,(H,30,31,32)/p-4. The minimum atomic E-state index is -5.46. The third kappa shape index (κ3) is 37.0. The molecule has 0 spiro atoms. The molecule has 0 saturated carbocycles. The molecule has 0 aliphatic rings. The van der Waals surface area contributed by atoms with Gasteiger partial charge in [-0.3, -0.25) is 0 Å². The van der Waals surface area contributed by atoms with Gasteiger partial charge in [-0.1, -0.05) is 186 Å². The Labute approximate surface area is 868 Å². The zero-order valence-corrected chi connectivity index (χ0v) is 83.5. The molecule has 0 heterocycles. The van der Waals surface area contributed by atoms with Crippen LogP contribution < -0.4 is 18.9 Å². The van der Waals surface area contributed by atoms with Gasteiger partial charge in [0, 0.05) is 17.0 Å². The van der Waals surface area contributed by atoms with Crippen molar-refractivity contribution in [2.75, 3.05) is 23.0 Å². The van der Waals surface area contributed by atoms with Crippen molar-refractivity contribution in [1.29, 1.82) is 0 Å². The molecule has 8 rings (SSSR count). The van der Waals surface area contributed by atoms with Gasteiger partial charge in [0.25, 0.3) is 0 Å². The van der Waals surface area contributed by atoms with E-state index in [1.54, 1.807) is 71.1 Å². The van der Waals surface area contributed by atoms with Crippen LogP contribution in [0.2, 0.25) is 10.0 Å². The molecule has 4 atom stereocenters. The van der Waals surface area contributed by atoms with E-state index < -0.39 is 205 Å². The predicted octanol–water partition coefficient (Wildman–Crippen LogP) is 10.4. The van der Waals surface area contributed by atoms with Crippen molar-refractivity contribution in [2.24, 2.45) is 0 Å². The molecular weight excluding hydrogens is 2330 g/mol. The first-order chi connectivity index (χ1) is 65.6. The SMILES string of the molecule is [B]Cc1cc(C[B])c(OC(=O)c2c(Br)ccc(Br)c2C(=O)OC(CS(=O)(=O)[O-])C(F)(F)F)c(C[B])c1.[B]Cc1cc(C[B])c(OC(=O)c2cc(Cl)c(Cl)cc2C(=O)OC(CS(=O)(=O)[O-])C(F)(F)F)c(C[B])c1.[B]Cc1cc(C[B])c(OC(=O)c2ccc(Br)cc2C(=O)OC(CS(=O)(=O)[O-])C(F)(F)F)c(C[B])c1.[B]Cc1cc(C[B])c(OC(=O)c2ccc(I)cc2C(=O)OC(CS(=O)(=O)[O-])C(F)(F)F)c(C[B])c1. The van der Waals surface area contributed by atoms with Crippen LogP contribution in [0.4, 0.5) is 52.7 Å². The van der Waals surface area contributed by atoms with Gasteiger partial charge in [0.2, 0.25) is 24.4 Å². The fraction of sp³-hybridized carbons (Fsp3) is 0.300. The maximum absolute atomic E-state index is 13.3. The Hall–Kier alpha value is -8.15. The zero-order chi connectivity index (χ0) is 108. The second kappa shape index (κ2) is 53.5. The van der Waals surface area contributed by atoms with E-state index in [9.17, 15) is 143 Å². The number of carbonyl (C=O) groups is 8. The lowest BCUT2D eigenvalue weighted by atomic mass is 9.85. The Kier molecular flexibility index (Phi) is 46.8. The quantitative estimate of drug-likeness (QED) is 0.00669. The Morgan fingerprint density at radius 2 is 0.507 bits per heavy atom. The van der Waals surface area contributed by atoms with Crippen LogP contribution in [0.15, 0.2) is 123 Å². The summed E-state index contributed by atoms with van der Waals surface area (Å²) in [5.41, 5.74) is 0.314. The molecule has 142 heavy (non-hydrogen) atoms. The van der Waals surface area contributed by atoms with E-state index in [1.165, 1.54) is 24.3 Å². The number of halogens is 18. The number of rotatable bonds is 36. The lowest BCUT2D eigenvalue weighted by Gasteiger charge is -2.23. The molecule has 28 nitrogen and oxygen atoms in total. The number of esters is 8. The van der Waals surface area contributed by atoms with Gasteiger partial charge in [0.15, 0.2) is 0 Å². The van der Waals surface area contributed by atoms with Gasteiger partial charge in [-0.05, 0) is 160 Å². The molecule has 4 unspecified atom stereocenters. The highest BCUT2D eigenvalue weighted by Crippen LogP contribution is 2.40. The van der Waals surface area contributed by atoms with Gasteiger partial charge in [-0.2, -0.15) is 52.7 Å². The average molecular weight is 2390 g/mol. The van der Waals surface area contributed by atoms with E-state index in [0.717, 1.165) is 36.4 Å². The van der Waals surface area contributed by atoms with Gasteiger partial charge in [0.05, 0.1) is 212 Å². The van der Waals surface area contributed by atoms with Crippen LogP contribution >= 0.6 is 93.6 Å². The molecule has 62 heteroatoms. The van der Waals surface area contributed by atoms with E-state index in [-0.39, 0.29) is 122 Å². The van der Waals surface area contributed by atoms with Crippen LogP contribution in [0.5, 0.6) is 23.0 Å². The fourth-order valence-electron chi connectivity index (χ4n) is 12.0. The second-order valence-corrected chi connectivity index (χ2v) is 39.1. The largest absolute Gasteiger partial charge is 0.748 e. The monoisotopic (exact) mass is 2380 g/mol. The molecule has 24 radical (unpaired) electrons. The average Bonchev–Trinajstić information content (AvgIpc) is 0.777. The molecule has 8 aromatic carbocycles. The first-order valence-corrected chi connectivity index (χ1v) is 49.4. The Bertz CT molecular complexity index is 6250. The van der Waals surface area contributed by atoms with Crippen LogP contribution in [0.1, 0.15) is 150 Å². The van der Waals surface area contributed by atoms with Crippen LogP contribution in [0.25, 0.3) is 0 Å². The van der Waals surface area contributed by atoms with E-state index in [1.807, 2.05) is 0 Å². The summed E-state index contributed by atoms with van der Waals surface area (Å²) in [7, 11) is 46.7. The van der Waals surface area contributed by atoms with E-state index in [4.69, 9.17) is 136 Å². The van der Waals surface area contributed by atoms with E-state index >= 15 is 0 Å². The van der Waals surface area contributed by atoms with Gasteiger partial charge < -0.3 is 56.1 Å². The molecule has 0 fully saturated rings. The molecule has 0 N–H and O–H groups in total. The fourth-order valence-corrected chi connectivity index (χ4v) is 16.6. The minimum Gasteiger partial charge on any atom is -0.748 e. The maximum atomic E-state index is 13.3. The molecular formula is C80H54B12Br3Cl2F12IO28S4-4. The predicted molar refractivity (Wildman–Crippen MR) is 510 cm³/mol. The number of alkyl halides is 12. The zero-order valence-electron chi connectivity index (χ0n) is 71.8. The molecule has 0 saturated heterocycles. The van der Waals surface area contributed by atoms with Crippen molar-refractivity contribution in [2.45, 2.75) is 125 Å². The van der Waals surface area contributed by atoms with Crippen molar-refractivity contribution in [3.8, 4) is 23.0 Å². The maximum Gasteiger partial charge on any atom is 0.426 e. The molecule has 0 amide bonds. The lowest BCUT2D eigenvalue weighted by molar-refractivity contribution is -0.197. The molecule has 0 aliphatic carbocycles. The van der Waals surface area contributed by atoms with Crippen LogP contribution in [-0.2, 0) is 135 Å². The topological polar surface area (TPSA) is 439 Å². The first-order valence-electron chi connectivity index (χ1n) is 38.9. The van der Waals surface area contributed by atoms with Gasteiger partial charge in [-0.15, -0.1) is 0 Å². The van der Waals surface area contributed by atoms with Gasteiger partial charge in [-0.25, -0.2) is 72.0 Å². The first kappa shape index (κ1) is 124. The summed E-state index contributed by atoms with van der Waals surface area (Å²) in [5, 5.41) is -0.621. The summed E-state index contributed by atoms with van der Waals surface area (Å²) in [6.07, 6.45) is -34.7. The summed E-state index contributed by atoms with van der Waals surface area (Å²) < 4.78 is 328. The highest BCUT2D eigenvalue weighted by atomic mass is 127. The highest BCUT2D eigenvalue weighted by molar-refractivity contribution is 14.1. The third-order valence-electron chi connectivity index (χ3n) is 18.4. The molecule has 0 aromatic heterocycles. The van der Waals surface area contributed by atoms with Crippen molar-refractivity contribution in [3.05, 3.63) is 247 Å². The molecule has 0 bridgehead atoms. The minimum absolute atomic E-state index is 0.000633. The second-order valence-electron chi connectivity index (χ2n) is 28.6. The lowest BCUT2D eigenvalue weighted by Crippen LogP contribution is -2.40. The Morgan fingerprint density at radius 3 is 0.746 bits per heavy atom. The van der Waals surface area contributed by atoms with Crippen molar-refractivity contribution in [3.63, 3.8) is 0 Å². The number of ether oxygens (including phenoxy) is 8. The molecule has 0 aliphatic heterocycles. The number of hydrogen-bond acceptors (Lipinski definition) is 28. The smallest absolute Gasteiger partial charge is 0.426 e. The number of carbonyl (C=O) groups excluding carboxylic acids is 8. The Balaban J connectivity index is 0.000000334. The van der Waals surface area contributed by atoms with Crippen molar-refractivity contribution < 1.29 is 181 Å². The number of hydrogen-bond donors (Lipinski definition) is 0. The van der Waals surface area contributed by atoms with Gasteiger partial charge in [0.1, 0.15) is 23.0 Å². The summed E-state index contributed by atoms with van der Waals surface area (Å²) in [6, 6.07) is 23.6. The third-order valence-corrected chi connectivity index (χ3v) is 24.5. The summed E-state index contributed by atoms with van der Waals surface area (Å²) >= 11 is 22.5. The highest BCUT2D eigenvalue weighted by Gasteiger charge is 2.49.